The first-order chi connectivity index (χ1) is 11.9. The summed E-state index contributed by atoms with van der Waals surface area (Å²) in [6.45, 7) is 2.79. The van der Waals surface area contributed by atoms with Gasteiger partial charge in [-0.25, -0.2) is 8.42 Å². The van der Waals surface area contributed by atoms with E-state index in [1.54, 1.807) is 0 Å². The molecule has 25 heavy (non-hydrogen) atoms. The minimum atomic E-state index is -3.19. The molecule has 1 saturated heterocycles. The summed E-state index contributed by atoms with van der Waals surface area (Å²) >= 11 is 0. The van der Waals surface area contributed by atoms with Gasteiger partial charge in [-0.2, -0.15) is 0 Å². The number of piperidine rings is 1. The quantitative estimate of drug-likeness (QED) is 0.713. The molecule has 3 rings (SSSR count). The summed E-state index contributed by atoms with van der Waals surface area (Å²) in [5.41, 5.74) is 1.49. The summed E-state index contributed by atoms with van der Waals surface area (Å²) in [4.78, 5) is 14.0. The molecule has 0 radical (unpaired) electrons. The Morgan fingerprint density at radius 3 is 2.48 bits per heavy atom. The maximum absolute atomic E-state index is 11.7. The Morgan fingerprint density at radius 1 is 1.16 bits per heavy atom. The van der Waals surface area contributed by atoms with Crippen LogP contribution in [0.5, 0.6) is 0 Å². The molecule has 138 valence electrons. The second kappa shape index (κ2) is 8.00. The van der Waals surface area contributed by atoms with Gasteiger partial charge < -0.3 is 4.90 Å². The first kappa shape index (κ1) is 18.6. The molecule has 1 heterocycles. The van der Waals surface area contributed by atoms with Crippen molar-refractivity contribution in [3.8, 4) is 0 Å². The lowest BCUT2D eigenvalue weighted by Gasteiger charge is -2.32. The Hall–Kier alpha value is -1.20. The summed E-state index contributed by atoms with van der Waals surface area (Å²) in [6.07, 6.45) is 6.56. The highest BCUT2D eigenvalue weighted by Crippen LogP contribution is 2.51. The average Bonchev–Trinajstić information content (AvgIpc) is 3.33. The molecular weight excluding hydrogens is 334 g/mol. The van der Waals surface area contributed by atoms with Gasteiger partial charge in [0.05, 0.1) is 0 Å². The van der Waals surface area contributed by atoms with Crippen LogP contribution in [0.3, 0.4) is 0 Å². The molecule has 0 N–H and O–H groups in total. The van der Waals surface area contributed by atoms with Crippen LogP contribution in [0.2, 0.25) is 0 Å². The molecule has 1 aliphatic heterocycles. The standard InChI is InChI=1S/C20H29NO3S/c1-25(23,24)15-19(22)9-12-21-10-7-16(8-11-21)13-18-14-20(18)17-5-3-2-4-6-17/h2-6,16,18,20H,7-15H2,1H3/t18-,20+/m1/s1. The van der Waals surface area contributed by atoms with E-state index in [4.69, 9.17) is 0 Å². The van der Waals surface area contributed by atoms with Crippen LogP contribution in [0.1, 0.15) is 43.6 Å². The smallest absolute Gasteiger partial charge is 0.154 e. The number of benzene rings is 1. The van der Waals surface area contributed by atoms with Crippen LogP contribution < -0.4 is 0 Å². The lowest BCUT2D eigenvalue weighted by Crippen LogP contribution is -2.35. The average molecular weight is 364 g/mol. The topological polar surface area (TPSA) is 54.5 Å². The molecule has 0 unspecified atom stereocenters. The zero-order chi connectivity index (χ0) is 17.9. The third-order valence-electron chi connectivity index (χ3n) is 5.62. The van der Waals surface area contributed by atoms with Crippen molar-refractivity contribution in [2.75, 3.05) is 31.6 Å². The monoisotopic (exact) mass is 363 g/mol. The van der Waals surface area contributed by atoms with E-state index in [0.29, 0.717) is 13.0 Å². The van der Waals surface area contributed by atoms with Gasteiger partial charge in [0.1, 0.15) is 11.5 Å². The van der Waals surface area contributed by atoms with E-state index in [-0.39, 0.29) is 11.5 Å². The van der Waals surface area contributed by atoms with Gasteiger partial charge in [0.25, 0.3) is 0 Å². The molecule has 1 aromatic carbocycles. The third-order valence-corrected chi connectivity index (χ3v) is 6.47. The fraction of sp³-hybridized carbons (Fsp3) is 0.650. The van der Waals surface area contributed by atoms with Gasteiger partial charge >= 0.3 is 0 Å². The minimum Gasteiger partial charge on any atom is -0.303 e. The SMILES string of the molecule is CS(=O)(=O)CC(=O)CCN1CCC(C[C@@H]2C[C@H]2c2ccccc2)CC1. The molecule has 2 fully saturated rings. The highest BCUT2D eigenvalue weighted by Gasteiger charge is 2.39. The van der Waals surface area contributed by atoms with E-state index >= 15 is 0 Å². The van der Waals surface area contributed by atoms with E-state index in [9.17, 15) is 13.2 Å². The van der Waals surface area contributed by atoms with E-state index in [1.165, 1.54) is 31.2 Å². The van der Waals surface area contributed by atoms with E-state index in [0.717, 1.165) is 37.1 Å². The zero-order valence-electron chi connectivity index (χ0n) is 15.1. The Labute approximate surface area is 151 Å². The molecule has 1 aliphatic carbocycles. The zero-order valence-corrected chi connectivity index (χ0v) is 15.9. The van der Waals surface area contributed by atoms with Gasteiger partial charge in [0.15, 0.2) is 9.84 Å². The number of sulfone groups is 1. The molecule has 0 amide bonds. The van der Waals surface area contributed by atoms with Crippen molar-refractivity contribution < 1.29 is 13.2 Å². The molecule has 4 nitrogen and oxygen atoms in total. The van der Waals surface area contributed by atoms with E-state index in [1.807, 2.05) is 0 Å². The number of rotatable bonds is 8. The number of hydrogen-bond acceptors (Lipinski definition) is 4. The predicted octanol–water partition coefficient (Wildman–Crippen LogP) is 2.90. The normalized spacial score (nSPS) is 25.0. The maximum Gasteiger partial charge on any atom is 0.154 e. The summed E-state index contributed by atoms with van der Waals surface area (Å²) in [5.74, 6) is 1.96. The third kappa shape index (κ3) is 5.93. The van der Waals surface area contributed by atoms with Gasteiger partial charge in [0.2, 0.25) is 0 Å². The molecule has 5 heteroatoms. The highest BCUT2D eigenvalue weighted by atomic mass is 32.2. The molecule has 0 spiro atoms. The number of carbonyl (C=O) groups excluding carboxylic acids is 1. The molecule has 0 aromatic heterocycles. The molecule has 1 saturated carbocycles. The number of Topliss-reactive ketones (excluding diaryl/α,β-unsaturated/α-hetero) is 1. The second-order valence-corrected chi connectivity index (χ2v) is 10.0. The van der Waals surface area contributed by atoms with Crippen LogP contribution in [-0.4, -0.2) is 50.7 Å². The van der Waals surface area contributed by atoms with Crippen molar-refractivity contribution >= 4 is 15.6 Å². The second-order valence-electron chi connectivity index (χ2n) is 7.89. The Kier molecular flexibility index (Phi) is 5.95. The molecule has 2 aliphatic rings. The summed E-state index contributed by atoms with van der Waals surface area (Å²) in [5, 5.41) is 0. The predicted molar refractivity (Wildman–Crippen MR) is 100 cm³/mol. The lowest BCUT2D eigenvalue weighted by molar-refractivity contribution is -0.117. The van der Waals surface area contributed by atoms with Crippen LogP contribution in [0, 0.1) is 11.8 Å². The van der Waals surface area contributed by atoms with Gasteiger partial charge in [0, 0.05) is 19.2 Å². The Morgan fingerprint density at radius 2 is 1.84 bits per heavy atom. The molecule has 2 atom stereocenters. The van der Waals surface area contributed by atoms with Crippen LogP contribution in [0.25, 0.3) is 0 Å². The van der Waals surface area contributed by atoms with Crippen molar-refractivity contribution in [1.82, 2.24) is 4.90 Å². The molecular formula is C20H29NO3S. The number of likely N-dealkylation sites (tertiary alicyclic amines) is 1. The van der Waals surface area contributed by atoms with E-state index < -0.39 is 9.84 Å². The van der Waals surface area contributed by atoms with Crippen LogP contribution in [0.15, 0.2) is 30.3 Å². The highest BCUT2D eigenvalue weighted by molar-refractivity contribution is 7.91. The van der Waals surface area contributed by atoms with Crippen molar-refractivity contribution in [3.63, 3.8) is 0 Å². The van der Waals surface area contributed by atoms with Gasteiger partial charge in [-0.1, -0.05) is 30.3 Å². The molecule has 1 aromatic rings. The molecule has 0 bridgehead atoms. The largest absolute Gasteiger partial charge is 0.303 e. The number of carbonyl (C=O) groups is 1. The van der Waals surface area contributed by atoms with Gasteiger partial charge in [-0.15, -0.1) is 0 Å². The minimum absolute atomic E-state index is 0.159. The van der Waals surface area contributed by atoms with Crippen LogP contribution in [-0.2, 0) is 14.6 Å². The van der Waals surface area contributed by atoms with Crippen molar-refractivity contribution in [2.45, 2.75) is 38.0 Å². The first-order valence-corrected chi connectivity index (χ1v) is 11.4. The fourth-order valence-electron chi connectivity index (χ4n) is 4.14. The van der Waals surface area contributed by atoms with Gasteiger partial charge in [-0.05, 0) is 62.1 Å². The summed E-state index contributed by atoms with van der Waals surface area (Å²) in [7, 11) is -3.19. The van der Waals surface area contributed by atoms with Crippen LogP contribution >= 0.6 is 0 Å². The van der Waals surface area contributed by atoms with Crippen molar-refractivity contribution in [1.29, 1.82) is 0 Å². The lowest BCUT2D eigenvalue weighted by atomic mass is 9.90. The fourth-order valence-corrected chi connectivity index (χ4v) is 4.87. The first-order valence-electron chi connectivity index (χ1n) is 9.37. The Bertz CT molecular complexity index is 678. The Balaban J connectivity index is 1.34. The van der Waals surface area contributed by atoms with Crippen molar-refractivity contribution in [3.05, 3.63) is 35.9 Å². The number of nitrogens with zero attached hydrogens (tertiary/aromatic N) is 1. The van der Waals surface area contributed by atoms with Crippen LogP contribution in [0.4, 0.5) is 0 Å². The van der Waals surface area contributed by atoms with E-state index in [2.05, 4.69) is 35.2 Å². The number of ketones is 1. The van der Waals surface area contributed by atoms with Gasteiger partial charge in [-0.3, -0.25) is 4.79 Å². The number of hydrogen-bond donors (Lipinski definition) is 0. The maximum atomic E-state index is 11.7. The summed E-state index contributed by atoms with van der Waals surface area (Å²) in [6, 6.07) is 10.8. The van der Waals surface area contributed by atoms with Crippen molar-refractivity contribution in [2.24, 2.45) is 11.8 Å². The summed E-state index contributed by atoms with van der Waals surface area (Å²) < 4.78 is 22.3.